The molecule has 0 spiro atoms. The summed E-state index contributed by atoms with van der Waals surface area (Å²) in [7, 11) is 3.48. The molecule has 0 aromatic heterocycles. The highest BCUT2D eigenvalue weighted by Crippen LogP contribution is 2.28. The van der Waals surface area contributed by atoms with Gasteiger partial charge in [0.2, 0.25) is 0 Å². The van der Waals surface area contributed by atoms with E-state index in [-0.39, 0.29) is 11.8 Å². The Morgan fingerprint density at radius 1 is 0.956 bits per heavy atom. The minimum absolute atomic E-state index is 0.110. The molecule has 0 saturated carbocycles. The van der Waals surface area contributed by atoms with E-state index >= 15 is 0 Å². The largest absolute Gasteiger partial charge is 0.494 e. The molecule has 6 nitrogen and oxygen atoms in total. The Kier molecular flexibility index (Phi) is 20.1. The lowest BCUT2D eigenvalue weighted by atomic mass is 9.87. The van der Waals surface area contributed by atoms with E-state index < -0.39 is 0 Å². The Morgan fingerprint density at radius 3 is 2.13 bits per heavy atom. The van der Waals surface area contributed by atoms with Gasteiger partial charge < -0.3 is 20.9 Å². The summed E-state index contributed by atoms with van der Waals surface area (Å²) in [6, 6.07) is 21.1. The van der Waals surface area contributed by atoms with Gasteiger partial charge in [0.1, 0.15) is 17.2 Å². The molecular weight excluding hydrogens is 582 g/mol. The first kappa shape index (κ1) is 40.7. The van der Waals surface area contributed by atoms with Crippen LogP contribution in [0, 0.1) is 26.7 Å². The number of halogens is 1. The van der Waals surface area contributed by atoms with Crippen LogP contribution in [0.2, 0.25) is 5.02 Å². The van der Waals surface area contributed by atoms with Gasteiger partial charge in [0.15, 0.2) is 5.78 Å². The Balaban J connectivity index is 0.000000769. The fourth-order valence-corrected chi connectivity index (χ4v) is 4.90. The number of rotatable bonds is 8. The Hall–Kier alpha value is -4.28. The van der Waals surface area contributed by atoms with E-state index in [1.807, 2.05) is 101 Å². The number of aryl methyl sites for hydroxylation is 2. The first-order valence-corrected chi connectivity index (χ1v) is 15.0. The summed E-state index contributed by atoms with van der Waals surface area (Å²) in [5.74, 6) is 2.50. The van der Waals surface area contributed by atoms with Crippen molar-refractivity contribution in [2.24, 2.45) is 11.5 Å². The molecule has 4 rings (SSSR count). The molecule has 0 saturated heterocycles. The summed E-state index contributed by atoms with van der Waals surface area (Å²) in [5.41, 5.74) is 16.2. The molecule has 1 atom stereocenters. The molecule has 3 aromatic rings. The van der Waals surface area contributed by atoms with Gasteiger partial charge in [-0.1, -0.05) is 53.6 Å². The van der Waals surface area contributed by atoms with Crippen molar-refractivity contribution in [2.75, 3.05) is 27.2 Å². The highest BCUT2D eigenvalue weighted by Gasteiger charge is 2.31. The van der Waals surface area contributed by atoms with Crippen LogP contribution in [0.3, 0.4) is 0 Å². The molecule has 1 heterocycles. The highest BCUT2D eigenvalue weighted by atomic mass is 35.5. The maximum absolute atomic E-state index is 12.9. The number of carbonyl (C=O) groups excluding carboxylic acids is 1. The van der Waals surface area contributed by atoms with Crippen molar-refractivity contribution in [3.8, 4) is 30.1 Å². The van der Waals surface area contributed by atoms with E-state index in [1.54, 1.807) is 0 Å². The zero-order valence-electron chi connectivity index (χ0n) is 27.7. The van der Waals surface area contributed by atoms with Crippen LogP contribution in [-0.4, -0.2) is 44.0 Å². The summed E-state index contributed by atoms with van der Waals surface area (Å²) < 4.78 is 11.2. The minimum Gasteiger partial charge on any atom is -0.494 e. The van der Waals surface area contributed by atoms with Crippen molar-refractivity contribution in [2.45, 2.75) is 46.6 Å². The SMILES string of the molecule is C#C.C=C.C=C(N)C1C(C(=O)Cc2cccc(OCC)c2)=C(C)CCN1C.CN.Cc1ccc(Oc2cc(C)cc(Cl)c2)cc1. The number of likely N-dealkylation sites (N-methyl/N-ethyl adjacent to an activating group) is 1. The summed E-state index contributed by atoms with van der Waals surface area (Å²) in [4.78, 5) is 15.0. The van der Waals surface area contributed by atoms with Crippen LogP contribution in [0.1, 0.15) is 37.0 Å². The lowest BCUT2D eigenvalue weighted by Crippen LogP contribution is -2.43. The van der Waals surface area contributed by atoms with Crippen molar-refractivity contribution in [3.63, 3.8) is 0 Å². The predicted octanol–water partition coefficient (Wildman–Crippen LogP) is 8.07. The number of hydrogen-bond donors (Lipinski definition) is 2. The third-order valence-electron chi connectivity index (χ3n) is 6.51. The zero-order valence-corrected chi connectivity index (χ0v) is 28.5. The van der Waals surface area contributed by atoms with E-state index in [9.17, 15) is 4.79 Å². The quantitative estimate of drug-likeness (QED) is 0.193. The molecule has 1 aliphatic rings. The Labute approximate surface area is 276 Å². The van der Waals surface area contributed by atoms with Gasteiger partial charge in [0.25, 0.3) is 0 Å². The molecule has 0 radical (unpaired) electrons. The number of benzene rings is 3. The van der Waals surface area contributed by atoms with E-state index in [0.717, 1.165) is 52.5 Å². The summed E-state index contributed by atoms with van der Waals surface area (Å²) in [5, 5.41) is 0.696. The Bertz CT molecular complexity index is 1380. The van der Waals surface area contributed by atoms with Crippen molar-refractivity contribution in [1.29, 1.82) is 0 Å². The Morgan fingerprint density at radius 2 is 1.58 bits per heavy atom. The van der Waals surface area contributed by atoms with Crippen molar-refractivity contribution < 1.29 is 14.3 Å². The molecule has 1 aliphatic heterocycles. The lowest BCUT2D eigenvalue weighted by Gasteiger charge is -2.35. The van der Waals surface area contributed by atoms with Crippen LogP contribution in [-0.2, 0) is 11.2 Å². The molecular formula is C38H50ClN3O3. The second-order valence-corrected chi connectivity index (χ2v) is 10.4. The maximum Gasteiger partial charge on any atom is 0.165 e. The maximum atomic E-state index is 12.9. The average Bonchev–Trinajstić information content (AvgIpc) is 3.02. The van der Waals surface area contributed by atoms with Gasteiger partial charge in [-0.3, -0.25) is 9.69 Å². The van der Waals surface area contributed by atoms with Gasteiger partial charge in [0, 0.05) is 29.3 Å². The standard InChI is InChI=1S/C19H26N2O2.C14H13ClO.C2H4.C2H2.CH5N/c1-5-23-16-8-6-7-15(11-16)12-17(22)18-13(2)9-10-21(4)19(18)14(3)20;1-10-3-5-13(6-4-10)16-14-8-11(2)7-12(15)9-14;3*1-2/h6-8,11,19H,3,5,9-10,12,20H2,1-2,4H3;3-9H,1-2H3;1-2H2;1-2H;2H2,1H3. The molecule has 0 bridgehead atoms. The van der Waals surface area contributed by atoms with Gasteiger partial charge in [-0.05, 0) is 102 Å². The normalized spacial score (nSPS) is 13.5. The molecule has 4 N–H and O–H groups in total. The van der Waals surface area contributed by atoms with Crippen molar-refractivity contribution in [3.05, 3.63) is 125 Å². The van der Waals surface area contributed by atoms with Gasteiger partial charge in [0.05, 0.1) is 12.6 Å². The second kappa shape index (κ2) is 22.3. The number of terminal acetylenes is 1. The van der Waals surface area contributed by atoms with Crippen LogP contribution in [0.5, 0.6) is 17.2 Å². The number of carbonyl (C=O) groups is 1. The molecule has 45 heavy (non-hydrogen) atoms. The lowest BCUT2D eigenvalue weighted by molar-refractivity contribution is -0.115. The molecule has 7 heteroatoms. The first-order chi connectivity index (χ1) is 21.6. The molecule has 0 aliphatic carbocycles. The van der Waals surface area contributed by atoms with E-state index in [2.05, 4.69) is 43.2 Å². The van der Waals surface area contributed by atoms with Gasteiger partial charge >= 0.3 is 0 Å². The van der Waals surface area contributed by atoms with Crippen LogP contribution >= 0.6 is 11.6 Å². The fourth-order valence-electron chi connectivity index (χ4n) is 4.62. The van der Waals surface area contributed by atoms with Crippen LogP contribution in [0.15, 0.2) is 103 Å². The van der Waals surface area contributed by atoms with Gasteiger partial charge in [-0.25, -0.2) is 0 Å². The van der Waals surface area contributed by atoms with Crippen LogP contribution in [0.4, 0.5) is 0 Å². The van der Waals surface area contributed by atoms with Gasteiger partial charge in [-0.2, -0.15) is 0 Å². The average molecular weight is 632 g/mol. The highest BCUT2D eigenvalue weighted by molar-refractivity contribution is 6.30. The molecule has 1 unspecified atom stereocenters. The third kappa shape index (κ3) is 13.9. The van der Waals surface area contributed by atoms with Crippen LogP contribution in [0.25, 0.3) is 0 Å². The topological polar surface area (TPSA) is 90.8 Å². The van der Waals surface area contributed by atoms with Crippen molar-refractivity contribution >= 4 is 17.4 Å². The summed E-state index contributed by atoms with van der Waals surface area (Å²) in [6.07, 6.45) is 9.24. The number of ketones is 1. The van der Waals surface area contributed by atoms with Crippen LogP contribution < -0.4 is 20.9 Å². The number of Topliss-reactive ketones (excluding diaryl/α,β-unsaturated/α-hetero) is 1. The van der Waals surface area contributed by atoms with E-state index in [0.29, 0.717) is 23.7 Å². The number of ether oxygens (including phenoxy) is 2. The minimum atomic E-state index is -0.189. The second-order valence-electron chi connectivity index (χ2n) is 9.96. The third-order valence-corrected chi connectivity index (χ3v) is 6.73. The number of hydrogen-bond acceptors (Lipinski definition) is 6. The molecule has 3 aromatic carbocycles. The van der Waals surface area contributed by atoms with Gasteiger partial charge in [-0.15, -0.1) is 26.0 Å². The van der Waals surface area contributed by atoms with Crippen molar-refractivity contribution in [1.82, 2.24) is 4.90 Å². The summed E-state index contributed by atoms with van der Waals surface area (Å²) >= 11 is 5.96. The smallest absolute Gasteiger partial charge is 0.165 e. The van der Waals surface area contributed by atoms with E-state index in [1.165, 1.54) is 12.6 Å². The first-order valence-electron chi connectivity index (χ1n) is 14.6. The zero-order chi connectivity index (χ0) is 34.5. The number of nitrogens with zero attached hydrogens (tertiary/aromatic N) is 1. The summed E-state index contributed by atoms with van der Waals surface area (Å²) in [6.45, 7) is 19.4. The number of nitrogens with two attached hydrogens (primary N) is 2. The predicted molar refractivity (Wildman–Crippen MR) is 192 cm³/mol. The molecule has 0 amide bonds. The fraction of sp³-hybridized carbons (Fsp3) is 0.289. The monoisotopic (exact) mass is 631 g/mol. The molecule has 242 valence electrons. The van der Waals surface area contributed by atoms with E-state index in [4.69, 9.17) is 26.8 Å². The molecule has 0 fully saturated rings.